The van der Waals surface area contributed by atoms with Crippen LogP contribution in [-0.4, -0.2) is 46.9 Å². The zero-order chi connectivity index (χ0) is 25.5. The number of thioether (sulfide) groups is 1. The predicted molar refractivity (Wildman–Crippen MR) is 143 cm³/mol. The van der Waals surface area contributed by atoms with Crippen LogP contribution in [0.2, 0.25) is 10.0 Å². The van der Waals surface area contributed by atoms with Crippen LogP contribution < -0.4 is 14.9 Å². The average Bonchev–Trinajstić information content (AvgIpc) is 3.34. The van der Waals surface area contributed by atoms with E-state index in [4.69, 9.17) is 32.7 Å². The van der Waals surface area contributed by atoms with Crippen molar-refractivity contribution in [2.45, 2.75) is 5.16 Å². The molecule has 0 unspecified atom stereocenters. The van der Waals surface area contributed by atoms with Crippen LogP contribution in [0.25, 0.3) is 17.1 Å². The second-order valence-corrected chi connectivity index (χ2v) is 9.00. The van der Waals surface area contributed by atoms with E-state index in [0.29, 0.717) is 38.1 Å². The summed E-state index contributed by atoms with van der Waals surface area (Å²) in [7, 11) is 3.16. The summed E-state index contributed by atoms with van der Waals surface area (Å²) in [4.78, 5) is 12.4. The number of halogens is 2. The Hall–Kier alpha value is -3.53. The molecule has 0 saturated carbocycles. The third kappa shape index (κ3) is 5.81. The maximum absolute atomic E-state index is 12.4. The van der Waals surface area contributed by atoms with Crippen molar-refractivity contribution in [2.24, 2.45) is 5.10 Å². The molecule has 0 aliphatic heterocycles. The maximum Gasteiger partial charge on any atom is 0.250 e. The molecule has 11 heteroatoms. The van der Waals surface area contributed by atoms with E-state index in [1.807, 2.05) is 53.1 Å². The van der Waals surface area contributed by atoms with Gasteiger partial charge in [-0.25, -0.2) is 5.43 Å². The number of para-hydroxylation sites is 1. The topological polar surface area (TPSA) is 90.6 Å². The smallest absolute Gasteiger partial charge is 0.250 e. The third-order valence-electron chi connectivity index (χ3n) is 5.00. The summed E-state index contributed by atoms with van der Waals surface area (Å²) < 4.78 is 12.7. The number of hydrogen-bond acceptors (Lipinski definition) is 7. The van der Waals surface area contributed by atoms with E-state index >= 15 is 0 Å². The van der Waals surface area contributed by atoms with E-state index in [-0.39, 0.29) is 11.7 Å². The van der Waals surface area contributed by atoms with Crippen LogP contribution in [0.3, 0.4) is 0 Å². The normalized spacial score (nSPS) is 11.0. The van der Waals surface area contributed by atoms with Crippen molar-refractivity contribution in [3.8, 4) is 28.6 Å². The molecule has 1 N–H and O–H groups in total. The number of ether oxygens (including phenoxy) is 2. The van der Waals surface area contributed by atoms with Crippen molar-refractivity contribution in [1.82, 2.24) is 20.2 Å². The van der Waals surface area contributed by atoms with Gasteiger partial charge in [-0.1, -0.05) is 65.3 Å². The second-order valence-electron chi connectivity index (χ2n) is 7.27. The summed E-state index contributed by atoms with van der Waals surface area (Å²) >= 11 is 13.4. The van der Waals surface area contributed by atoms with Gasteiger partial charge in [0.1, 0.15) is 0 Å². The Morgan fingerprint density at radius 3 is 2.56 bits per heavy atom. The van der Waals surface area contributed by atoms with Crippen molar-refractivity contribution < 1.29 is 14.3 Å². The van der Waals surface area contributed by atoms with Crippen molar-refractivity contribution in [1.29, 1.82) is 0 Å². The lowest BCUT2D eigenvalue weighted by atomic mass is 10.2. The minimum Gasteiger partial charge on any atom is -0.493 e. The molecule has 1 aromatic heterocycles. The highest BCUT2D eigenvalue weighted by atomic mass is 35.5. The number of aromatic nitrogens is 3. The van der Waals surface area contributed by atoms with Gasteiger partial charge in [-0.2, -0.15) is 5.10 Å². The number of methoxy groups -OCH3 is 2. The monoisotopic (exact) mass is 541 g/mol. The number of carbonyl (C=O) groups excluding carboxylic acids is 1. The van der Waals surface area contributed by atoms with Crippen LogP contribution in [0.4, 0.5) is 0 Å². The van der Waals surface area contributed by atoms with Gasteiger partial charge in [-0.3, -0.25) is 9.36 Å². The predicted octanol–water partition coefficient (Wildman–Crippen LogP) is 5.50. The maximum atomic E-state index is 12.4. The first-order chi connectivity index (χ1) is 17.5. The van der Waals surface area contributed by atoms with Gasteiger partial charge in [0.2, 0.25) is 0 Å². The molecule has 4 rings (SSSR count). The number of rotatable bonds is 9. The summed E-state index contributed by atoms with van der Waals surface area (Å²) in [5.41, 5.74) is 4.72. The van der Waals surface area contributed by atoms with Gasteiger partial charge < -0.3 is 9.47 Å². The largest absolute Gasteiger partial charge is 0.493 e. The fourth-order valence-electron chi connectivity index (χ4n) is 3.29. The molecule has 36 heavy (non-hydrogen) atoms. The highest BCUT2D eigenvalue weighted by molar-refractivity contribution is 7.99. The van der Waals surface area contributed by atoms with Gasteiger partial charge in [0, 0.05) is 16.8 Å². The molecule has 0 aliphatic rings. The molecule has 0 bridgehead atoms. The highest BCUT2D eigenvalue weighted by Crippen LogP contribution is 2.34. The van der Waals surface area contributed by atoms with E-state index < -0.39 is 0 Å². The fraction of sp³-hybridized carbons (Fsp3) is 0.120. The molecule has 3 aromatic carbocycles. The van der Waals surface area contributed by atoms with Gasteiger partial charge in [0.25, 0.3) is 5.91 Å². The van der Waals surface area contributed by atoms with Crippen molar-refractivity contribution >= 4 is 47.1 Å². The summed E-state index contributed by atoms with van der Waals surface area (Å²) in [5.74, 6) is 1.53. The Bertz CT molecular complexity index is 1400. The highest BCUT2D eigenvalue weighted by Gasteiger charge is 2.18. The lowest BCUT2D eigenvalue weighted by Crippen LogP contribution is -2.20. The molecule has 0 atom stereocenters. The molecule has 0 saturated heterocycles. The molecule has 184 valence electrons. The lowest BCUT2D eigenvalue weighted by molar-refractivity contribution is -0.118. The number of hydrazone groups is 1. The van der Waals surface area contributed by atoms with Crippen molar-refractivity contribution in [2.75, 3.05) is 20.0 Å². The third-order valence-corrected chi connectivity index (χ3v) is 6.76. The van der Waals surface area contributed by atoms with Crippen LogP contribution in [0.1, 0.15) is 5.56 Å². The molecule has 1 heterocycles. The van der Waals surface area contributed by atoms with Crippen LogP contribution in [0.15, 0.2) is 77.0 Å². The van der Waals surface area contributed by atoms with Gasteiger partial charge in [0.15, 0.2) is 22.5 Å². The number of benzene rings is 3. The van der Waals surface area contributed by atoms with E-state index in [9.17, 15) is 4.79 Å². The molecule has 8 nitrogen and oxygen atoms in total. The molecule has 0 radical (unpaired) electrons. The first-order valence-corrected chi connectivity index (χ1v) is 12.4. The minimum atomic E-state index is -0.315. The van der Waals surface area contributed by atoms with Gasteiger partial charge >= 0.3 is 0 Å². The fourth-order valence-corrected chi connectivity index (χ4v) is 4.39. The quantitative estimate of drug-likeness (QED) is 0.171. The Labute approximate surface area is 222 Å². The average molecular weight is 542 g/mol. The molecule has 4 aromatic rings. The number of nitrogens with zero attached hydrogens (tertiary/aromatic N) is 4. The molecule has 0 aliphatic carbocycles. The van der Waals surface area contributed by atoms with Crippen LogP contribution in [0.5, 0.6) is 11.5 Å². The summed E-state index contributed by atoms with van der Waals surface area (Å²) in [6.07, 6.45) is 1.44. The molecule has 0 fully saturated rings. The zero-order valence-electron chi connectivity index (χ0n) is 19.3. The van der Waals surface area contributed by atoms with Crippen molar-refractivity contribution in [3.05, 3.63) is 82.3 Å². The first-order valence-electron chi connectivity index (χ1n) is 10.6. The van der Waals surface area contributed by atoms with E-state index in [0.717, 1.165) is 11.3 Å². The Morgan fingerprint density at radius 2 is 1.81 bits per heavy atom. The van der Waals surface area contributed by atoms with Crippen LogP contribution >= 0.6 is 35.0 Å². The summed E-state index contributed by atoms with van der Waals surface area (Å²) in [6.45, 7) is 0. The SMILES string of the molecule is COc1ccc(-c2nnc(SCC(=O)N/N=C/c3cccc(Cl)c3Cl)n2-c2ccccc2)cc1OC. The number of hydrogen-bond donors (Lipinski definition) is 1. The lowest BCUT2D eigenvalue weighted by Gasteiger charge is -2.12. The second kappa shape index (κ2) is 11.9. The molecular weight excluding hydrogens is 521 g/mol. The minimum absolute atomic E-state index is 0.0670. The number of amides is 1. The molecule has 0 spiro atoms. The summed E-state index contributed by atoms with van der Waals surface area (Å²) in [6, 6.07) is 20.3. The van der Waals surface area contributed by atoms with Crippen LogP contribution in [0, 0.1) is 0 Å². The van der Waals surface area contributed by atoms with Gasteiger partial charge in [-0.15, -0.1) is 10.2 Å². The van der Waals surface area contributed by atoms with Gasteiger partial charge in [0.05, 0.1) is 36.2 Å². The number of nitrogens with one attached hydrogen (secondary N) is 1. The van der Waals surface area contributed by atoms with Gasteiger partial charge in [-0.05, 0) is 36.4 Å². The Morgan fingerprint density at radius 1 is 1.03 bits per heavy atom. The molecule has 1 amide bonds. The van der Waals surface area contributed by atoms with Crippen molar-refractivity contribution in [3.63, 3.8) is 0 Å². The first kappa shape index (κ1) is 25.6. The van der Waals surface area contributed by atoms with E-state index in [2.05, 4.69) is 20.7 Å². The molecular formula is C25H21Cl2N5O3S. The zero-order valence-corrected chi connectivity index (χ0v) is 21.6. The summed E-state index contributed by atoms with van der Waals surface area (Å²) in [5, 5.41) is 14.0. The number of carbonyl (C=O) groups is 1. The van der Waals surface area contributed by atoms with Crippen LogP contribution in [-0.2, 0) is 4.79 Å². The standard InChI is InChI=1S/C25H21Cl2N5O3S/c1-34-20-12-11-16(13-21(20)35-2)24-30-31-25(32(24)18-8-4-3-5-9-18)36-15-22(33)29-28-14-17-7-6-10-19(26)23(17)27/h3-14H,15H2,1-2H3,(H,29,33)/b28-14+. The Kier molecular flexibility index (Phi) is 8.48. The van der Waals surface area contributed by atoms with E-state index in [1.54, 1.807) is 32.4 Å². The Balaban J connectivity index is 1.54. The van der Waals surface area contributed by atoms with E-state index in [1.165, 1.54) is 18.0 Å².